The van der Waals surface area contributed by atoms with Crippen LogP contribution in [0.15, 0.2) is 53.6 Å². The van der Waals surface area contributed by atoms with Crippen molar-refractivity contribution < 1.29 is 4.79 Å². The summed E-state index contributed by atoms with van der Waals surface area (Å²) in [6.07, 6.45) is 0.754. The van der Waals surface area contributed by atoms with Gasteiger partial charge in [0.2, 0.25) is 0 Å². The summed E-state index contributed by atoms with van der Waals surface area (Å²) in [7, 11) is 0. The molecule has 0 aromatic heterocycles. The molecule has 98 valence electrons. The maximum absolute atomic E-state index is 12.3. The van der Waals surface area contributed by atoms with Crippen molar-refractivity contribution in [2.45, 2.75) is 12.5 Å². The van der Waals surface area contributed by atoms with Gasteiger partial charge in [-0.1, -0.05) is 41.9 Å². The van der Waals surface area contributed by atoms with Crippen molar-refractivity contribution in [3.8, 4) is 0 Å². The molecule has 0 unspecified atom stereocenters. The van der Waals surface area contributed by atoms with Crippen molar-refractivity contribution in [2.24, 2.45) is 5.10 Å². The molecule has 0 N–H and O–H groups in total. The number of fused-ring (bicyclic) bond motifs is 3. The van der Waals surface area contributed by atoms with Crippen molar-refractivity contribution in [1.82, 2.24) is 5.01 Å². The van der Waals surface area contributed by atoms with Gasteiger partial charge in [-0.05, 0) is 29.3 Å². The number of amides is 1. The smallest absolute Gasteiger partial charge is 0.267 e. The third-order valence-corrected chi connectivity index (χ3v) is 4.10. The van der Waals surface area contributed by atoms with E-state index in [0.29, 0.717) is 5.02 Å². The van der Waals surface area contributed by atoms with Gasteiger partial charge in [-0.3, -0.25) is 4.79 Å². The van der Waals surface area contributed by atoms with Gasteiger partial charge < -0.3 is 0 Å². The zero-order chi connectivity index (χ0) is 13.7. The molecule has 1 amide bonds. The number of hydrogen-bond acceptors (Lipinski definition) is 2. The summed E-state index contributed by atoms with van der Waals surface area (Å²) in [6, 6.07) is 15.4. The Hall–Kier alpha value is -2.13. The maximum atomic E-state index is 12.3. The highest BCUT2D eigenvalue weighted by Crippen LogP contribution is 2.40. The topological polar surface area (TPSA) is 32.7 Å². The lowest BCUT2D eigenvalue weighted by Gasteiger charge is -2.10. The molecule has 3 nitrogen and oxygen atoms in total. The molecule has 0 aliphatic carbocycles. The highest BCUT2D eigenvalue weighted by atomic mass is 35.5. The van der Waals surface area contributed by atoms with Crippen LogP contribution in [-0.2, 0) is 0 Å². The molecule has 2 aromatic rings. The minimum absolute atomic E-state index is 0.00503. The average molecular weight is 283 g/mol. The number of rotatable bonds is 1. The summed E-state index contributed by atoms with van der Waals surface area (Å²) in [5.74, 6) is -0.00503. The molecule has 0 saturated heterocycles. The van der Waals surface area contributed by atoms with Crippen LogP contribution < -0.4 is 0 Å². The van der Waals surface area contributed by atoms with Crippen LogP contribution in [-0.4, -0.2) is 16.6 Å². The Labute approximate surface area is 121 Å². The fourth-order valence-corrected chi connectivity index (χ4v) is 2.99. The molecule has 0 radical (unpaired) electrons. The molecular formula is C16H11ClN2O. The van der Waals surface area contributed by atoms with Crippen LogP contribution in [0.5, 0.6) is 0 Å². The zero-order valence-electron chi connectivity index (χ0n) is 10.6. The Kier molecular flexibility index (Phi) is 2.44. The van der Waals surface area contributed by atoms with E-state index in [1.165, 1.54) is 0 Å². The molecule has 4 rings (SSSR count). The van der Waals surface area contributed by atoms with Crippen LogP contribution in [0.4, 0.5) is 0 Å². The highest BCUT2D eigenvalue weighted by Gasteiger charge is 2.41. The molecule has 2 aromatic carbocycles. The van der Waals surface area contributed by atoms with Crippen molar-refractivity contribution in [1.29, 1.82) is 0 Å². The molecule has 20 heavy (non-hydrogen) atoms. The van der Waals surface area contributed by atoms with Gasteiger partial charge in [0, 0.05) is 17.0 Å². The summed E-state index contributed by atoms with van der Waals surface area (Å²) in [5.41, 5.74) is 3.81. The van der Waals surface area contributed by atoms with Crippen LogP contribution >= 0.6 is 11.6 Å². The van der Waals surface area contributed by atoms with E-state index in [1.54, 1.807) is 5.01 Å². The van der Waals surface area contributed by atoms with E-state index in [1.807, 2.05) is 48.5 Å². The van der Waals surface area contributed by atoms with E-state index in [2.05, 4.69) is 5.10 Å². The molecule has 0 spiro atoms. The van der Waals surface area contributed by atoms with Crippen molar-refractivity contribution >= 4 is 23.2 Å². The van der Waals surface area contributed by atoms with Crippen LogP contribution in [0, 0.1) is 0 Å². The monoisotopic (exact) mass is 282 g/mol. The van der Waals surface area contributed by atoms with Gasteiger partial charge in [0.15, 0.2) is 0 Å². The Morgan fingerprint density at radius 3 is 2.65 bits per heavy atom. The van der Waals surface area contributed by atoms with E-state index in [0.717, 1.165) is 28.8 Å². The van der Waals surface area contributed by atoms with Gasteiger partial charge in [-0.15, -0.1) is 0 Å². The van der Waals surface area contributed by atoms with Gasteiger partial charge in [-0.25, -0.2) is 5.01 Å². The third kappa shape index (κ3) is 1.60. The summed E-state index contributed by atoms with van der Waals surface area (Å²) in [4.78, 5) is 12.3. The molecule has 2 aliphatic rings. The number of carbonyl (C=O) groups is 1. The number of halogens is 1. The van der Waals surface area contributed by atoms with Crippen LogP contribution in [0.2, 0.25) is 5.02 Å². The van der Waals surface area contributed by atoms with Crippen molar-refractivity contribution in [2.75, 3.05) is 0 Å². The van der Waals surface area contributed by atoms with E-state index in [9.17, 15) is 4.79 Å². The first-order chi connectivity index (χ1) is 9.74. The molecule has 4 heteroatoms. The van der Waals surface area contributed by atoms with Gasteiger partial charge in [-0.2, -0.15) is 5.10 Å². The lowest BCUT2D eigenvalue weighted by molar-refractivity contribution is 0.0756. The third-order valence-electron chi connectivity index (χ3n) is 3.85. The second kappa shape index (κ2) is 4.18. The zero-order valence-corrected chi connectivity index (χ0v) is 11.3. The SMILES string of the molecule is O=C1c2ccccc2[C@H]2CC(c3ccc(Cl)cc3)=NN12. The van der Waals surface area contributed by atoms with E-state index >= 15 is 0 Å². The molecule has 1 atom stereocenters. The Bertz CT molecular complexity index is 736. The fraction of sp³-hybridized carbons (Fsp3) is 0.125. The van der Waals surface area contributed by atoms with Crippen LogP contribution in [0.3, 0.4) is 0 Å². The molecule has 2 heterocycles. The quantitative estimate of drug-likeness (QED) is 0.786. The Morgan fingerprint density at radius 1 is 1.10 bits per heavy atom. The predicted octanol–water partition coefficient (Wildman–Crippen LogP) is 3.64. The molecular weight excluding hydrogens is 272 g/mol. The Balaban J connectivity index is 1.72. The minimum atomic E-state index is -0.00503. The molecule has 2 aliphatic heterocycles. The second-order valence-electron chi connectivity index (χ2n) is 5.01. The van der Waals surface area contributed by atoms with Crippen molar-refractivity contribution in [3.05, 3.63) is 70.2 Å². The van der Waals surface area contributed by atoms with Crippen molar-refractivity contribution in [3.63, 3.8) is 0 Å². The van der Waals surface area contributed by atoms with E-state index < -0.39 is 0 Å². The van der Waals surface area contributed by atoms with Crippen LogP contribution in [0.1, 0.15) is 33.9 Å². The number of benzene rings is 2. The number of hydrazone groups is 1. The molecule has 0 fully saturated rings. The number of carbonyl (C=O) groups excluding carboxylic acids is 1. The number of nitrogens with zero attached hydrogens (tertiary/aromatic N) is 2. The highest BCUT2D eigenvalue weighted by molar-refractivity contribution is 6.30. The van der Waals surface area contributed by atoms with Gasteiger partial charge in [0.25, 0.3) is 5.91 Å². The number of hydrogen-bond donors (Lipinski definition) is 0. The minimum Gasteiger partial charge on any atom is -0.267 e. The summed E-state index contributed by atoms with van der Waals surface area (Å²) >= 11 is 5.90. The maximum Gasteiger partial charge on any atom is 0.274 e. The van der Waals surface area contributed by atoms with Gasteiger partial charge >= 0.3 is 0 Å². The van der Waals surface area contributed by atoms with E-state index in [-0.39, 0.29) is 11.9 Å². The summed E-state index contributed by atoms with van der Waals surface area (Å²) in [6.45, 7) is 0. The normalized spacial score (nSPS) is 19.9. The fourth-order valence-electron chi connectivity index (χ4n) is 2.86. The molecule has 0 bridgehead atoms. The first-order valence-electron chi connectivity index (χ1n) is 6.50. The van der Waals surface area contributed by atoms with E-state index in [4.69, 9.17) is 11.6 Å². The van der Waals surface area contributed by atoms with Gasteiger partial charge in [0.05, 0.1) is 11.8 Å². The van der Waals surface area contributed by atoms with Gasteiger partial charge in [0.1, 0.15) is 0 Å². The first kappa shape index (κ1) is 11.7. The second-order valence-corrected chi connectivity index (χ2v) is 5.45. The lowest BCUT2D eigenvalue weighted by atomic mass is 9.98. The average Bonchev–Trinajstić information content (AvgIpc) is 3.01. The summed E-state index contributed by atoms with van der Waals surface area (Å²) < 4.78 is 0. The predicted molar refractivity (Wildman–Crippen MR) is 78.0 cm³/mol. The summed E-state index contributed by atoms with van der Waals surface area (Å²) in [5, 5.41) is 6.81. The first-order valence-corrected chi connectivity index (χ1v) is 6.88. The lowest BCUT2D eigenvalue weighted by Crippen LogP contribution is -2.17. The molecule has 0 saturated carbocycles. The van der Waals surface area contributed by atoms with Crippen LogP contribution in [0.25, 0.3) is 0 Å². The standard InChI is InChI=1S/C16H11ClN2O/c17-11-7-5-10(6-8-11)14-9-15-12-3-1-2-4-13(12)16(20)19(15)18-14/h1-8,15H,9H2/t15-/m1/s1. The largest absolute Gasteiger partial charge is 0.274 e. The Morgan fingerprint density at radius 2 is 1.85 bits per heavy atom.